The van der Waals surface area contributed by atoms with Crippen LogP contribution < -0.4 is 9.80 Å². The van der Waals surface area contributed by atoms with Gasteiger partial charge in [-0.2, -0.15) is 0 Å². The first kappa shape index (κ1) is 43.9. The summed E-state index contributed by atoms with van der Waals surface area (Å²) in [7, 11) is 0. The second kappa shape index (κ2) is 18.9. The van der Waals surface area contributed by atoms with Gasteiger partial charge in [0, 0.05) is 67.3 Å². The molecule has 0 saturated heterocycles. The lowest BCUT2D eigenvalue weighted by Crippen LogP contribution is -2.10. The van der Waals surface area contributed by atoms with Gasteiger partial charge < -0.3 is 14.4 Å². The van der Waals surface area contributed by atoms with Gasteiger partial charge in [-0.1, -0.05) is 157 Å². The number of anilines is 6. The molecule has 0 fully saturated rings. The number of fused-ring (bicyclic) bond motifs is 3. The predicted octanol–water partition coefficient (Wildman–Crippen LogP) is 18.1. The van der Waals surface area contributed by atoms with Crippen LogP contribution in [0.5, 0.6) is 0 Å². The first-order valence-electron chi connectivity index (χ1n) is 24.6. The number of aromatic nitrogens is 3. The summed E-state index contributed by atoms with van der Waals surface area (Å²) in [6.07, 6.45) is 0. The van der Waals surface area contributed by atoms with Crippen molar-refractivity contribution in [2.45, 2.75) is 20.8 Å². The van der Waals surface area contributed by atoms with E-state index in [1.54, 1.807) is 0 Å². The van der Waals surface area contributed by atoms with Crippen LogP contribution in [0.15, 0.2) is 255 Å². The van der Waals surface area contributed by atoms with Gasteiger partial charge in [-0.3, -0.25) is 0 Å². The molecule has 12 rings (SSSR count). The third kappa shape index (κ3) is 8.48. The van der Waals surface area contributed by atoms with Crippen molar-refractivity contribution in [1.82, 2.24) is 14.5 Å². The fourth-order valence-electron chi connectivity index (χ4n) is 10.00. The maximum Gasteiger partial charge on any atom is 0.160 e. The van der Waals surface area contributed by atoms with E-state index in [-0.39, 0.29) is 0 Å². The standard InChI is InChI=1S/C67H51N5/c1-46-24-31-55(32-25-46)70(53-20-12-6-13-21-53)58-37-40-65-61(43-58)62-44-59(71(54-22-14-7-15-23-54)56-33-26-47(2)27-34-56)38-41-66(62)72(65)57-35-28-49(29-36-57)60-39-30-52(42-48(60)3)64-45-63(50-16-8-4-9-17-50)68-67(69-64)51-18-10-5-11-19-51/h4-45H,1-3H3. The summed E-state index contributed by atoms with van der Waals surface area (Å²) in [6, 6.07) is 91.1. The normalized spacial score (nSPS) is 11.3. The molecular weight excluding hydrogens is 875 g/mol. The number of para-hydroxylation sites is 2. The summed E-state index contributed by atoms with van der Waals surface area (Å²) < 4.78 is 2.42. The highest BCUT2D eigenvalue weighted by molar-refractivity contribution is 6.12. The lowest BCUT2D eigenvalue weighted by atomic mass is 9.96. The molecule has 72 heavy (non-hydrogen) atoms. The smallest absolute Gasteiger partial charge is 0.160 e. The molecule has 0 aliphatic carbocycles. The molecule has 0 spiro atoms. The Bertz CT molecular complexity index is 3650. The third-order valence-electron chi connectivity index (χ3n) is 13.6. The monoisotopic (exact) mass is 925 g/mol. The van der Waals surface area contributed by atoms with E-state index >= 15 is 0 Å². The number of benzene rings is 10. The van der Waals surface area contributed by atoms with Gasteiger partial charge in [-0.25, -0.2) is 9.97 Å². The van der Waals surface area contributed by atoms with Crippen LogP contribution in [0.3, 0.4) is 0 Å². The molecule has 5 nitrogen and oxygen atoms in total. The van der Waals surface area contributed by atoms with Gasteiger partial charge in [0.25, 0.3) is 0 Å². The van der Waals surface area contributed by atoms with Crippen molar-refractivity contribution in [1.29, 1.82) is 0 Å². The Balaban J connectivity index is 0.970. The zero-order valence-electron chi connectivity index (χ0n) is 40.5. The van der Waals surface area contributed by atoms with Crippen molar-refractivity contribution >= 4 is 55.9 Å². The highest BCUT2D eigenvalue weighted by Crippen LogP contribution is 2.43. The van der Waals surface area contributed by atoms with E-state index in [2.05, 4.69) is 266 Å². The zero-order chi connectivity index (χ0) is 48.5. The van der Waals surface area contributed by atoms with Crippen LogP contribution >= 0.6 is 0 Å². The van der Waals surface area contributed by atoms with Crippen LogP contribution in [0.1, 0.15) is 16.7 Å². The molecule has 0 radical (unpaired) electrons. The maximum absolute atomic E-state index is 5.11. The quantitative estimate of drug-likeness (QED) is 0.130. The Morgan fingerprint density at radius 2 is 0.736 bits per heavy atom. The molecule has 0 N–H and O–H groups in total. The predicted molar refractivity (Wildman–Crippen MR) is 302 cm³/mol. The topological polar surface area (TPSA) is 37.2 Å². The Morgan fingerprint density at radius 1 is 0.319 bits per heavy atom. The molecule has 0 atom stereocenters. The molecule has 0 bridgehead atoms. The number of rotatable bonds is 11. The van der Waals surface area contributed by atoms with Gasteiger partial charge in [0.05, 0.1) is 22.4 Å². The average molecular weight is 926 g/mol. The Morgan fingerprint density at radius 3 is 1.22 bits per heavy atom. The highest BCUT2D eigenvalue weighted by Gasteiger charge is 2.21. The molecule has 0 aliphatic heterocycles. The first-order chi connectivity index (χ1) is 35.4. The number of aryl methyl sites for hydroxylation is 3. The van der Waals surface area contributed by atoms with Crippen molar-refractivity contribution in [2.24, 2.45) is 0 Å². The number of hydrogen-bond donors (Lipinski definition) is 0. The van der Waals surface area contributed by atoms with Crippen molar-refractivity contribution in [3.05, 3.63) is 271 Å². The molecule has 0 amide bonds. The van der Waals surface area contributed by atoms with Gasteiger partial charge in [0.1, 0.15) is 0 Å². The summed E-state index contributed by atoms with van der Waals surface area (Å²) in [6.45, 7) is 6.47. The van der Waals surface area contributed by atoms with E-state index in [0.29, 0.717) is 5.82 Å². The second-order valence-electron chi connectivity index (χ2n) is 18.5. The fraction of sp³-hybridized carbons (Fsp3) is 0.0448. The summed E-state index contributed by atoms with van der Waals surface area (Å²) >= 11 is 0. The Kier molecular flexibility index (Phi) is 11.5. The van der Waals surface area contributed by atoms with Gasteiger partial charge in [-0.15, -0.1) is 0 Å². The molecule has 5 heteroatoms. The van der Waals surface area contributed by atoms with Gasteiger partial charge in [0.15, 0.2) is 5.82 Å². The van der Waals surface area contributed by atoms with Crippen molar-refractivity contribution in [3.63, 3.8) is 0 Å². The third-order valence-corrected chi connectivity index (χ3v) is 13.6. The number of nitrogens with zero attached hydrogens (tertiary/aromatic N) is 5. The van der Waals surface area contributed by atoms with Crippen LogP contribution in [0.2, 0.25) is 0 Å². The summed E-state index contributed by atoms with van der Waals surface area (Å²) in [4.78, 5) is 14.8. The van der Waals surface area contributed by atoms with E-state index in [0.717, 1.165) is 84.5 Å². The van der Waals surface area contributed by atoms with Gasteiger partial charge in [0.2, 0.25) is 0 Å². The summed E-state index contributed by atoms with van der Waals surface area (Å²) in [5.41, 5.74) is 20.8. The lowest BCUT2D eigenvalue weighted by molar-refractivity contribution is 1.18. The molecule has 344 valence electrons. The Hall–Kier alpha value is -9.32. The van der Waals surface area contributed by atoms with E-state index in [1.807, 2.05) is 24.3 Å². The number of hydrogen-bond acceptors (Lipinski definition) is 4. The molecule has 2 aromatic heterocycles. The van der Waals surface area contributed by atoms with Crippen LogP contribution in [-0.2, 0) is 0 Å². The van der Waals surface area contributed by atoms with Crippen LogP contribution in [0, 0.1) is 20.8 Å². The fourth-order valence-corrected chi connectivity index (χ4v) is 10.00. The second-order valence-corrected chi connectivity index (χ2v) is 18.5. The maximum atomic E-state index is 5.11. The van der Waals surface area contributed by atoms with E-state index in [1.165, 1.54) is 33.0 Å². The summed E-state index contributed by atoms with van der Waals surface area (Å²) in [5.74, 6) is 0.710. The largest absolute Gasteiger partial charge is 0.310 e. The van der Waals surface area contributed by atoms with Crippen LogP contribution in [-0.4, -0.2) is 14.5 Å². The molecule has 10 aromatic carbocycles. The van der Waals surface area contributed by atoms with Crippen molar-refractivity contribution in [2.75, 3.05) is 9.80 Å². The minimum absolute atomic E-state index is 0.710. The van der Waals surface area contributed by atoms with Gasteiger partial charge in [-0.05, 0) is 147 Å². The molecule has 12 aromatic rings. The molecule has 0 saturated carbocycles. The molecular formula is C67H51N5. The van der Waals surface area contributed by atoms with Crippen LogP contribution in [0.4, 0.5) is 34.1 Å². The lowest BCUT2D eigenvalue weighted by Gasteiger charge is -2.26. The molecule has 0 aliphatic rings. The van der Waals surface area contributed by atoms with E-state index in [9.17, 15) is 0 Å². The van der Waals surface area contributed by atoms with Crippen molar-refractivity contribution in [3.8, 4) is 50.7 Å². The highest BCUT2D eigenvalue weighted by atomic mass is 15.1. The molecule has 0 unspecified atom stereocenters. The average Bonchev–Trinajstić information content (AvgIpc) is 3.76. The molecule has 2 heterocycles. The van der Waals surface area contributed by atoms with E-state index < -0.39 is 0 Å². The first-order valence-corrected chi connectivity index (χ1v) is 24.6. The summed E-state index contributed by atoms with van der Waals surface area (Å²) in [5, 5.41) is 2.33. The zero-order valence-corrected chi connectivity index (χ0v) is 40.5. The van der Waals surface area contributed by atoms with Crippen LogP contribution in [0.25, 0.3) is 72.5 Å². The van der Waals surface area contributed by atoms with Gasteiger partial charge >= 0.3 is 0 Å². The SMILES string of the molecule is Cc1ccc(N(c2ccccc2)c2ccc3c(c2)c2cc(N(c4ccccc4)c4ccc(C)cc4)ccc2n3-c2ccc(-c3ccc(-c4cc(-c5ccccc5)nc(-c5ccccc5)n4)cc3C)cc2)cc1. The van der Waals surface area contributed by atoms with Crippen molar-refractivity contribution < 1.29 is 0 Å². The minimum atomic E-state index is 0.710. The van der Waals surface area contributed by atoms with E-state index in [4.69, 9.17) is 9.97 Å². The Labute approximate surface area is 421 Å². The minimum Gasteiger partial charge on any atom is -0.310 e.